The van der Waals surface area contributed by atoms with Gasteiger partial charge in [0.1, 0.15) is 6.10 Å². The van der Waals surface area contributed by atoms with Crippen molar-refractivity contribution in [2.75, 3.05) is 16.4 Å². The smallest absolute Gasteiger partial charge is 0.412 e. The first-order valence-corrected chi connectivity index (χ1v) is 12.1. The Balaban J connectivity index is 1.63. The molecule has 0 saturated carbocycles. The number of aromatic hydroxyl groups is 1. The minimum atomic E-state index is -0.807. The second kappa shape index (κ2) is 12.7. The number of halogens is 2. The Morgan fingerprint density at radius 3 is 2.53 bits per heavy atom. The van der Waals surface area contributed by atoms with Crippen LogP contribution in [-0.4, -0.2) is 17.1 Å². The van der Waals surface area contributed by atoms with E-state index < -0.39 is 23.8 Å². The summed E-state index contributed by atoms with van der Waals surface area (Å²) in [6.07, 6.45) is 2.68. The highest BCUT2D eigenvalue weighted by Gasteiger charge is 2.24. The number of amides is 2. The molecule has 3 aromatic carbocycles. The molecule has 7 nitrogen and oxygen atoms in total. The Labute approximate surface area is 217 Å². The third-order valence-electron chi connectivity index (χ3n) is 5.42. The molecule has 36 heavy (non-hydrogen) atoms. The van der Waals surface area contributed by atoms with Crippen LogP contribution in [0.2, 0.25) is 0 Å². The number of phenolic OH excluding ortho intramolecular Hbond substituents is 1. The number of nitrogens with two attached hydrogens (primary N) is 1. The van der Waals surface area contributed by atoms with Crippen molar-refractivity contribution in [3.8, 4) is 5.75 Å². The Morgan fingerprint density at radius 2 is 1.83 bits per heavy atom. The van der Waals surface area contributed by atoms with E-state index in [0.717, 1.165) is 10.5 Å². The van der Waals surface area contributed by atoms with Gasteiger partial charge in [0.2, 0.25) is 5.91 Å². The lowest BCUT2D eigenvalue weighted by Gasteiger charge is -2.25. The number of allylic oxidation sites excluding steroid dienone is 1. The van der Waals surface area contributed by atoms with E-state index >= 15 is 0 Å². The first-order chi connectivity index (χ1) is 17.2. The van der Waals surface area contributed by atoms with Gasteiger partial charge >= 0.3 is 6.09 Å². The average Bonchev–Trinajstić information content (AvgIpc) is 2.85. The number of ether oxygens (including phenoxy) is 1. The van der Waals surface area contributed by atoms with Crippen LogP contribution in [0.15, 0.2) is 83.4 Å². The molecular formula is C27H27BrFN3O4. The summed E-state index contributed by atoms with van der Waals surface area (Å²) >= 11 is 3.34. The molecule has 0 aliphatic heterocycles. The van der Waals surface area contributed by atoms with Crippen LogP contribution in [0.25, 0.3) is 0 Å². The Bertz CT molecular complexity index is 1230. The van der Waals surface area contributed by atoms with Gasteiger partial charge < -0.3 is 20.9 Å². The molecule has 0 radical (unpaired) electrons. The molecule has 0 aliphatic rings. The molecule has 0 bridgehead atoms. The molecule has 0 heterocycles. The molecule has 5 N–H and O–H groups in total. The van der Waals surface area contributed by atoms with E-state index in [0.29, 0.717) is 35.5 Å². The lowest BCUT2D eigenvalue weighted by atomic mass is 9.93. The summed E-state index contributed by atoms with van der Waals surface area (Å²) in [6, 6.07) is 17.8. The summed E-state index contributed by atoms with van der Waals surface area (Å²) in [6.45, 7) is 1.86. The van der Waals surface area contributed by atoms with Crippen molar-refractivity contribution in [1.29, 1.82) is 0 Å². The van der Waals surface area contributed by atoms with Crippen LogP contribution in [-0.2, 0) is 9.53 Å². The topological polar surface area (TPSA) is 114 Å². The zero-order chi connectivity index (χ0) is 26.1. The predicted molar refractivity (Wildman–Crippen MR) is 142 cm³/mol. The second-order valence-corrected chi connectivity index (χ2v) is 9.12. The third kappa shape index (κ3) is 7.84. The SMILES string of the molecule is C[C@H](CC/C=C/C(=O)Nc1ccccc1N)[C@@H](OC(=O)Nc1ccc(Br)cc1)c1ccc(O)c(F)c1. The molecule has 9 heteroatoms. The van der Waals surface area contributed by atoms with Crippen LogP contribution < -0.4 is 16.4 Å². The number of benzene rings is 3. The molecule has 0 aromatic heterocycles. The van der Waals surface area contributed by atoms with Crippen LogP contribution in [0.3, 0.4) is 0 Å². The molecule has 0 fully saturated rings. The van der Waals surface area contributed by atoms with Crippen LogP contribution in [0.5, 0.6) is 5.75 Å². The quantitative estimate of drug-likeness (QED) is 0.172. The van der Waals surface area contributed by atoms with Crippen molar-refractivity contribution in [2.24, 2.45) is 5.92 Å². The lowest BCUT2D eigenvalue weighted by Crippen LogP contribution is -2.22. The third-order valence-corrected chi connectivity index (χ3v) is 5.95. The van der Waals surface area contributed by atoms with Crippen molar-refractivity contribution in [3.63, 3.8) is 0 Å². The summed E-state index contributed by atoms with van der Waals surface area (Å²) in [5.41, 5.74) is 7.78. The maximum Gasteiger partial charge on any atom is 0.412 e. The van der Waals surface area contributed by atoms with Gasteiger partial charge in [0, 0.05) is 10.2 Å². The van der Waals surface area contributed by atoms with Crippen LogP contribution in [0, 0.1) is 11.7 Å². The summed E-state index contributed by atoms with van der Waals surface area (Å²) < 4.78 is 20.6. The number of anilines is 3. The van der Waals surface area contributed by atoms with Crippen molar-refractivity contribution in [3.05, 3.63) is 94.7 Å². The fourth-order valence-electron chi connectivity index (χ4n) is 3.49. The average molecular weight is 556 g/mol. The van der Waals surface area contributed by atoms with Gasteiger partial charge in [-0.1, -0.05) is 47.1 Å². The molecule has 2 amide bonds. The van der Waals surface area contributed by atoms with Crippen molar-refractivity contribution >= 4 is 45.0 Å². The molecule has 0 saturated heterocycles. The number of carbonyl (C=O) groups is 2. The fraction of sp³-hybridized carbons (Fsp3) is 0.185. The number of carbonyl (C=O) groups excluding carboxylic acids is 2. The van der Waals surface area contributed by atoms with E-state index in [2.05, 4.69) is 26.6 Å². The molecule has 3 rings (SSSR count). The van der Waals surface area contributed by atoms with Gasteiger partial charge in [-0.25, -0.2) is 9.18 Å². The van der Waals surface area contributed by atoms with Crippen molar-refractivity contribution in [1.82, 2.24) is 0 Å². The van der Waals surface area contributed by atoms with Gasteiger partial charge in [-0.2, -0.15) is 0 Å². The Kier molecular flexibility index (Phi) is 9.46. The Morgan fingerprint density at radius 1 is 1.11 bits per heavy atom. The van der Waals surface area contributed by atoms with Crippen LogP contribution in [0.1, 0.15) is 31.4 Å². The summed E-state index contributed by atoms with van der Waals surface area (Å²) in [7, 11) is 0. The number of nitrogen functional groups attached to an aromatic ring is 1. The van der Waals surface area contributed by atoms with Crippen molar-refractivity contribution in [2.45, 2.75) is 25.9 Å². The Hall–Kier alpha value is -3.85. The lowest BCUT2D eigenvalue weighted by molar-refractivity contribution is -0.111. The maximum atomic E-state index is 14.1. The van der Waals surface area contributed by atoms with E-state index in [1.54, 1.807) is 54.6 Å². The molecule has 0 aliphatic carbocycles. The van der Waals surface area contributed by atoms with E-state index in [4.69, 9.17) is 10.5 Å². The predicted octanol–water partition coefficient (Wildman–Crippen LogP) is 6.78. The zero-order valence-electron chi connectivity index (χ0n) is 19.6. The summed E-state index contributed by atoms with van der Waals surface area (Å²) in [5, 5.41) is 14.9. The normalized spacial score (nSPS) is 12.6. The number of phenols is 1. The first-order valence-electron chi connectivity index (χ1n) is 11.3. The monoisotopic (exact) mass is 555 g/mol. The number of para-hydroxylation sites is 2. The fourth-order valence-corrected chi connectivity index (χ4v) is 3.76. The van der Waals surface area contributed by atoms with E-state index in [-0.39, 0.29) is 11.8 Å². The van der Waals surface area contributed by atoms with Gasteiger partial charge in [0.25, 0.3) is 0 Å². The molecular weight excluding hydrogens is 529 g/mol. The second-order valence-electron chi connectivity index (χ2n) is 8.20. The van der Waals surface area contributed by atoms with Crippen molar-refractivity contribution < 1.29 is 23.8 Å². The molecule has 0 spiro atoms. The highest BCUT2D eigenvalue weighted by molar-refractivity contribution is 9.10. The van der Waals surface area contributed by atoms with Gasteiger partial charge in [-0.3, -0.25) is 10.1 Å². The molecule has 0 unspecified atom stereocenters. The minimum Gasteiger partial charge on any atom is -0.505 e. The van der Waals surface area contributed by atoms with Crippen LogP contribution >= 0.6 is 15.9 Å². The number of hydrogen-bond acceptors (Lipinski definition) is 5. The van der Waals surface area contributed by atoms with Gasteiger partial charge in [0.05, 0.1) is 11.4 Å². The highest BCUT2D eigenvalue weighted by atomic mass is 79.9. The minimum absolute atomic E-state index is 0.234. The van der Waals surface area contributed by atoms with E-state index in [1.165, 1.54) is 18.2 Å². The van der Waals surface area contributed by atoms with Crippen LogP contribution in [0.4, 0.5) is 26.2 Å². The molecule has 3 aromatic rings. The summed E-state index contributed by atoms with van der Waals surface area (Å²) in [4.78, 5) is 24.8. The van der Waals surface area contributed by atoms with Gasteiger partial charge in [-0.15, -0.1) is 0 Å². The van der Waals surface area contributed by atoms with E-state index in [1.807, 2.05) is 6.92 Å². The zero-order valence-corrected chi connectivity index (χ0v) is 21.2. The number of hydrogen-bond donors (Lipinski definition) is 4. The largest absolute Gasteiger partial charge is 0.505 e. The highest BCUT2D eigenvalue weighted by Crippen LogP contribution is 2.32. The molecule has 2 atom stereocenters. The number of rotatable bonds is 9. The standard InChI is InChI=1S/C27H27BrFN3O4/c1-17(6-2-5-9-25(34)32-23-8-4-3-7-22(23)30)26(18-10-15-24(33)21(29)16-18)36-27(35)31-20-13-11-19(28)12-14-20/h3-5,7-17,26,33H,2,6,30H2,1H3,(H,31,35)(H,32,34)/b9-5+/t17-,26-/m1/s1. The van der Waals surface area contributed by atoms with E-state index in [9.17, 15) is 19.1 Å². The first kappa shape index (κ1) is 26.7. The van der Waals surface area contributed by atoms with Gasteiger partial charge in [0.15, 0.2) is 11.6 Å². The van der Waals surface area contributed by atoms with Gasteiger partial charge in [-0.05, 0) is 78.9 Å². The molecule has 188 valence electrons. The summed E-state index contributed by atoms with van der Waals surface area (Å²) in [5.74, 6) is -1.85. The maximum absolute atomic E-state index is 14.1. The number of nitrogens with one attached hydrogen (secondary N) is 2.